The summed E-state index contributed by atoms with van der Waals surface area (Å²) in [5, 5.41) is 19.7. The average molecular weight is 710 g/mol. The molecule has 4 amide bonds. The zero-order valence-electron chi connectivity index (χ0n) is 28.9. The number of H-pyrrole nitrogens is 1. The zero-order valence-corrected chi connectivity index (χ0v) is 28.9. The number of hydrogen-bond acceptors (Lipinski definition) is 8. The lowest BCUT2D eigenvalue weighted by atomic mass is 10.0. The van der Waals surface area contributed by atoms with Crippen molar-refractivity contribution in [2.45, 2.75) is 45.2 Å². The predicted octanol–water partition coefficient (Wildman–Crippen LogP) is 2.62. The highest BCUT2D eigenvalue weighted by Crippen LogP contribution is 2.20. The second kappa shape index (κ2) is 18.1. The van der Waals surface area contributed by atoms with E-state index in [2.05, 4.69) is 36.2 Å². The van der Waals surface area contributed by atoms with Crippen LogP contribution in [0.15, 0.2) is 72.9 Å². The molecule has 1 atom stereocenters. The number of aryl methyl sites for hydroxylation is 2. The van der Waals surface area contributed by atoms with E-state index in [1.165, 1.54) is 0 Å². The number of carbonyl (C=O) groups is 5. The number of nitrogens with one attached hydrogen (secondary N) is 5. The van der Waals surface area contributed by atoms with Crippen LogP contribution in [0, 0.1) is 6.92 Å². The summed E-state index contributed by atoms with van der Waals surface area (Å²) in [6, 6.07) is 19.8. The van der Waals surface area contributed by atoms with Crippen molar-refractivity contribution < 1.29 is 29.1 Å². The largest absolute Gasteiger partial charge is 0.483 e. The first-order chi connectivity index (χ1) is 25.3. The third-order valence-corrected chi connectivity index (χ3v) is 8.69. The lowest BCUT2D eigenvalue weighted by molar-refractivity contribution is -0.136. The van der Waals surface area contributed by atoms with Crippen molar-refractivity contribution in [2.75, 3.05) is 38.0 Å². The minimum absolute atomic E-state index is 0.0757. The van der Waals surface area contributed by atoms with Gasteiger partial charge in [-0.3, -0.25) is 24.0 Å². The second-order valence-electron chi connectivity index (χ2n) is 12.2. The Labute approximate surface area is 300 Å². The van der Waals surface area contributed by atoms with Gasteiger partial charge in [0.05, 0.1) is 17.6 Å². The Morgan fingerprint density at radius 1 is 0.923 bits per heavy atom. The third-order valence-electron chi connectivity index (χ3n) is 8.69. The number of pyridine rings is 1. The van der Waals surface area contributed by atoms with Gasteiger partial charge in [0.2, 0.25) is 17.7 Å². The van der Waals surface area contributed by atoms with E-state index in [-0.39, 0.29) is 49.3 Å². The fraction of sp³-hybridized carbons (Fsp3) is 0.324. The Morgan fingerprint density at radius 2 is 1.69 bits per heavy atom. The molecule has 0 aliphatic carbocycles. The molecular weight excluding hydrogens is 666 g/mol. The van der Waals surface area contributed by atoms with Gasteiger partial charge in [0.15, 0.2) is 0 Å². The Hall–Kier alpha value is -6.25. The van der Waals surface area contributed by atoms with Crippen LogP contribution in [-0.4, -0.2) is 98.4 Å². The second-order valence-corrected chi connectivity index (χ2v) is 12.2. The van der Waals surface area contributed by atoms with Gasteiger partial charge in [-0.05, 0) is 55.7 Å². The van der Waals surface area contributed by atoms with Crippen LogP contribution in [0.2, 0.25) is 0 Å². The van der Waals surface area contributed by atoms with E-state index in [1.54, 1.807) is 23.1 Å². The van der Waals surface area contributed by atoms with Crippen molar-refractivity contribution >= 4 is 57.9 Å². The molecule has 3 aromatic heterocycles. The van der Waals surface area contributed by atoms with Crippen molar-refractivity contribution in [3.63, 3.8) is 0 Å². The topological polar surface area (TPSA) is 203 Å². The van der Waals surface area contributed by atoms with Crippen molar-refractivity contribution in [3.8, 4) is 0 Å². The third kappa shape index (κ3) is 9.71. The number of aromatic amines is 1. The Balaban J connectivity index is 0.00000168. The number of fused-ring (bicyclic) bond motifs is 4. The molecule has 0 fully saturated rings. The molecule has 6 N–H and O–H groups in total. The van der Waals surface area contributed by atoms with Crippen molar-refractivity contribution in [3.05, 3.63) is 90.0 Å². The van der Waals surface area contributed by atoms with E-state index in [0.717, 1.165) is 33.3 Å². The lowest BCUT2D eigenvalue weighted by Gasteiger charge is -2.23. The number of para-hydroxylation sites is 3. The molecule has 5 aromatic rings. The standard InChI is InChI=1S/C36H41N9O4.CH2O2/c1-24-41-28-11-4-5-13-31(28)45(24)20-15-34(47)44-19-7-6-16-39-35(48)30(21-25-22-40-27-10-3-2-9-26(25)27)43-36(49)29-12-8-14-32(42-29)37-17-18-38-33(46)23-44;2-1-3/h2-5,8-14,22,30,40H,6-7,15-21,23H2,1H3,(H,37,42)(H,38,46)(H,39,48)(H,43,49);1H,(H,2,3)/t30-;/m0./s1. The number of amides is 4. The molecular formula is C37H43N9O6. The summed E-state index contributed by atoms with van der Waals surface area (Å²) in [7, 11) is 0. The van der Waals surface area contributed by atoms with E-state index in [4.69, 9.17) is 9.90 Å². The van der Waals surface area contributed by atoms with Crippen LogP contribution < -0.4 is 21.3 Å². The number of carbonyl (C=O) groups excluding carboxylic acids is 4. The van der Waals surface area contributed by atoms with E-state index >= 15 is 0 Å². The zero-order chi connectivity index (χ0) is 36.9. The predicted molar refractivity (Wildman–Crippen MR) is 196 cm³/mol. The first-order valence-electron chi connectivity index (χ1n) is 17.2. The monoisotopic (exact) mass is 709 g/mol. The van der Waals surface area contributed by atoms with Crippen LogP contribution in [0.4, 0.5) is 5.82 Å². The van der Waals surface area contributed by atoms with Gasteiger partial charge in [0.1, 0.15) is 23.4 Å². The summed E-state index contributed by atoms with van der Waals surface area (Å²) in [4.78, 5) is 75.5. The number of rotatable bonds is 5. The molecule has 0 radical (unpaired) electrons. The molecule has 15 nitrogen and oxygen atoms in total. The summed E-state index contributed by atoms with van der Waals surface area (Å²) in [6.07, 6.45) is 3.50. The molecule has 0 unspecified atom stereocenters. The summed E-state index contributed by atoms with van der Waals surface area (Å²) < 4.78 is 2.02. The molecule has 0 spiro atoms. The molecule has 0 saturated carbocycles. The molecule has 0 saturated heterocycles. The number of nitrogens with zero attached hydrogens (tertiary/aromatic N) is 4. The molecule has 1 aliphatic rings. The molecule has 6 rings (SSSR count). The first-order valence-corrected chi connectivity index (χ1v) is 17.2. The quantitative estimate of drug-likeness (QED) is 0.148. The van der Waals surface area contributed by atoms with Crippen molar-refractivity contribution in [1.29, 1.82) is 0 Å². The fourth-order valence-electron chi connectivity index (χ4n) is 6.14. The number of hydrogen-bond donors (Lipinski definition) is 6. The summed E-state index contributed by atoms with van der Waals surface area (Å²) >= 11 is 0. The first kappa shape index (κ1) is 37.0. The molecule has 1 aliphatic heterocycles. The number of anilines is 1. The van der Waals surface area contributed by atoms with Crippen LogP contribution in [-0.2, 0) is 32.1 Å². The van der Waals surface area contributed by atoms with E-state index in [1.807, 2.05) is 66.2 Å². The van der Waals surface area contributed by atoms with E-state index < -0.39 is 11.9 Å². The number of imidazole rings is 1. The maximum absolute atomic E-state index is 13.5. The lowest BCUT2D eigenvalue weighted by Crippen LogP contribution is -2.48. The minimum atomic E-state index is -0.852. The van der Waals surface area contributed by atoms with Gasteiger partial charge in [-0.15, -0.1) is 0 Å². The fourth-order valence-corrected chi connectivity index (χ4v) is 6.14. The average Bonchev–Trinajstić information content (AvgIpc) is 3.70. The SMILES string of the molecule is Cc1nc2ccccc2n1CCC(=O)N1CCCCNC(=O)[C@H](Cc2c[nH]c3ccccc23)NC(=O)c2cccc(n2)NCCNC(=O)C1.O=CO. The minimum Gasteiger partial charge on any atom is -0.483 e. The van der Waals surface area contributed by atoms with Gasteiger partial charge in [-0.2, -0.15) is 0 Å². The highest BCUT2D eigenvalue weighted by atomic mass is 16.3. The van der Waals surface area contributed by atoms with Crippen LogP contribution in [0.1, 0.15) is 41.1 Å². The van der Waals surface area contributed by atoms with Gasteiger partial charge in [0.25, 0.3) is 12.4 Å². The van der Waals surface area contributed by atoms with Crippen LogP contribution in [0.5, 0.6) is 0 Å². The van der Waals surface area contributed by atoms with E-state index in [9.17, 15) is 19.2 Å². The van der Waals surface area contributed by atoms with Gasteiger partial charge < -0.3 is 40.8 Å². The summed E-state index contributed by atoms with van der Waals surface area (Å²) in [5.41, 5.74) is 3.85. The summed E-state index contributed by atoms with van der Waals surface area (Å²) in [5.74, 6) is 0.0833. The maximum Gasteiger partial charge on any atom is 0.290 e. The van der Waals surface area contributed by atoms with E-state index in [0.29, 0.717) is 51.4 Å². The van der Waals surface area contributed by atoms with Gasteiger partial charge in [-0.1, -0.05) is 36.4 Å². The maximum atomic E-state index is 13.5. The number of carboxylic acid groups (broad SMARTS) is 1. The van der Waals surface area contributed by atoms with Gasteiger partial charge in [0, 0.05) is 62.7 Å². The number of benzene rings is 2. The molecule has 4 heterocycles. The molecule has 2 aromatic carbocycles. The molecule has 15 heteroatoms. The Bertz CT molecular complexity index is 2020. The summed E-state index contributed by atoms with van der Waals surface area (Å²) in [6.45, 7) is 3.38. The molecule has 52 heavy (non-hydrogen) atoms. The number of aromatic nitrogens is 4. The van der Waals surface area contributed by atoms with Gasteiger partial charge >= 0.3 is 0 Å². The highest BCUT2D eigenvalue weighted by molar-refractivity contribution is 5.97. The van der Waals surface area contributed by atoms with Crippen LogP contribution in [0.3, 0.4) is 0 Å². The Kier molecular flexibility index (Phi) is 12.9. The van der Waals surface area contributed by atoms with Crippen molar-refractivity contribution in [1.82, 2.24) is 40.4 Å². The normalized spacial score (nSPS) is 16.2. The molecule has 272 valence electrons. The smallest absolute Gasteiger partial charge is 0.290 e. The van der Waals surface area contributed by atoms with Crippen molar-refractivity contribution in [2.24, 2.45) is 0 Å². The van der Waals surface area contributed by atoms with Crippen LogP contribution in [0.25, 0.3) is 21.9 Å². The van der Waals surface area contributed by atoms with Crippen LogP contribution >= 0.6 is 0 Å². The molecule has 2 bridgehead atoms. The van der Waals surface area contributed by atoms with Gasteiger partial charge in [-0.25, -0.2) is 9.97 Å². The Morgan fingerprint density at radius 3 is 2.54 bits per heavy atom. The highest BCUT2D eigenvalue weighted by Gasteiger charge is 2.24.